The number of nitrogens with zero attached hydrogens (tertiary/aromatic N) is 2. The Kier molecular flexibility index (Phi) is 6.87. The molecule has 3 aromatic carbocycles. The second kappa shape index (κ2) is 9.38. The molecule has 0 saturated heterocycles. The van der Waals surface area contributed by atoms with Crippen molar-refractivity contribution >= 4 is 26.7 Å². The first-order chi connectivity index (χ1) is 14.3. The summed E-state index contributed by atoms with van der Waals surface area (Å²) in [5, 5.41) is 4.77. The highest BCUT2D eigenvalue weighted by Crippen LogP contribution is 2.21. The number of sulfonamides is 1. The largest absolute Gasteiger partial charge is 0.347 e. The van der Waals surface area contributed by atoms with Crippen molar-refractivity contribution in [1.29, 1.82) is 0 Å². The van der Waals surface area contributed by atoms with Crippen molar-refractivity contribution in [2.45, 2.75) is 10.9 Å². The Bertz CT molecular complexity index is 1110. The number of amides is 1. The molecule has 7 heteroatoms. The van der Waals surface area contributed by atoms with Crippen LogP contribution in [0.25, 0.3) is 10.8 Å². The molecule has 0 aliphatic carbocycles. The first kappa shape index (κ1) is 22.0. The lowest BCUT2D eigenvalue weighted by Gasteiger charge is -2.24. The van der Waals surface area contributed by atoms with E-state index in [2.05, 4.69) is 5.32 Å². The number of hydrogen-bond donors (Lipinski definition) is 1. The first-order valence-corrected chi connectivity index (χ1v) is 11.2. The predicted molar refractivity (Wildman–Crippen MR) is 120 cm³/mol. The van der Waals surface area contributed by atoms with Crippen LogP contribution in [0.4, 0.5) is 0 Å². The highest BCUT2D eigenvalue weighted by atomic mass is 32.2. The minimum Gasteiger partial charge on any atom is -0.347 e. The normalized spacial score (nSPS) is 13.0. The maximum absolute atomic E-state index is 13.0. The molecule has 0 aliphatic heterocycles. The van der Waals surface area contributed by atoms with E-state index in [-0.39, 0.29) is 23.4 Å². The molecule has 0 bridgehead atoms. The summed E-state index contributed by atoms with van der Waals surface area (Å²) in [4.78, 5) is 14.8. The van der Waals surface area contributed by atoms with Crippen LogP contribution in [-0.4, -0.2) is 57.8 Å². The standard InChI is InChI=1S/C23H27N3O3S/c1-25(2)16-22(19-10-5-4-6-11-19)24-23(27)17-26(3)30(28,29)21-14-13-18-9-7-8-12-20(18)15-21/h4-15,22H,16-17H2,1-3H3,(H,24,27)/t22-/m0/s1. The number of nitrogens with one attached hydrogen (secondary N) is 1. The van der Waals surface area contributed by atoms with Gasteiger partial charge in [-0.15, -0.1) is 0 Å². The Labute approximate surface area is 178 Å². The second-order valence-corrected chi connectivity index (χ2v) is 9.61. The van der Waals surface area contributed by atoms with E-state index in [4.69, 9.17) is 0 Å². The van der Waals surface area contributed by atoms with Crippen molar-refractivity contribution in [2.24, 2.45) is 0 Å². The highest BCUT2D eigenvalue weighted by Gasteiger charge is 2.24. The Morgan fingerprint density at radius 2 is 1.53 bits per heavy atom. The van der Waals surface area contributed by atoms with Gasteiger partial charge in [0.25, 0.3) is 0 Å². The van der Waals surface area contributed by atoms with Gasteiger partial charge in [0.2, 0.25) is 15.9 Å². The summed E-state index contributed by atoms with van der Waals surface area (Å²) in [6, 6.07) is 22.0. The van der Waals surface area contributed by atoms with E-state index in [1.807, 2.05) is 73.6 Å². The molecule has 0 unspecified atom stereocenters. The number of rotatable bonds is 8. The first-order valence-electron chi connectivity index (χ1n) is 9.71. The zero-order valence-corrected chi connectivity index (χ0v) is 18.3. The summed E-state index contributed by atoms with van der Waals surface area (Å²) in [7, 11) is 1.50. The zero-order valence-electron chi connectivity index (χ0n) is 17.4. The van der Waals surface area contributed by atoms with Gasteiger partial charge in [-0.25, -0.2) is 8.42 Å². The molecule has 0 aromatic heterocycles. The van der Waals surface area contributed by atoms with Crippen LogP contribution in [0.2, 0.25) is 0 Å². The molecule has 0 aliphatic rings. The van der Waals surface area contributed by atoms with Crippen LogP contribution in [0, 0.1) is 0 Å². The van der Waals surface area contributed by atoms with Crippen LogP contribution < -0.4 is 5.32 Å². The summed E-state index contributed by atoms with van der Waals surface area (Å²) < 4.78 is 27.1. The van der Waals surface area contributed by atoms with Gasteiger partial charge < -0.3 is 10.2 Å². The molecule has 3 aromatic rings. The maximum atomic E-state index is 13.0. The number of fused-ring (bicyclic) bond motifs is 1. The number of likely N-dealkylation sites (N-methyl/N-ethyl adjacent to an activating group) is 2. The van der Waals surface area contributed by atoms with Crippen LogP contribution in [0.1, 0.15) is 11.6 Å². The minimum atomic E-state index is -3.79. The van der Waals surface area contributed by atoms with Crippen LogP contribution in [0.3, 0.4) is 0 Å². The topological polar surface area (TPSA) is 69.7 Å². The Balaban J connectivity index is 1.74. The van der Waals surface area contributed by atoms with Crippen molar-refractivity contribution in [2.75, 3.05) is 34.2 Å². The number of carbonyl (C=O) groups is 1. The molecule has 0 fully saturated rings. The molecule has 0 heterocycles. The summed E-state index contributed by atoms with van der Waals surface area (Å²) in [5.41, 5.74) is 0.972. The van der Waals surface area contributed by atoms with E-state index in [9.17, 15) is 13.2 Å². The summed E-state index contributed by atoms with van der Waals surface area (Å²) in [6.45, 7) is 0.350. The van der Waals surface area contributed by atoms with Crippen molar-refractivity contribution in [3.63, 3.8) is 0 Å². The third kappa shape index (κ3) is 5.24. The maximum Gasteiger partial charge on any atom is 0.243 e. The fraction of sp³-hybridized carbons (Fsp3) is 0.261. The van der Waals surface area contributed by atoms with Gasteiger partial charge in [-0.3, -0.25) is 4.79 Å². The SMILES string of the molecule is CN(C)C[C@H](NC(=O)CN(C)S(=O)(=O)c1ccc2ccccc2c1)c1ccccc1. The quantitative estimate of drug-likeness (QED) is 0.603. The molecule has 6 nitrogen and oxygen atoms in total. The molecule has 1 amide bonds. The number of carbonyl (C=O) groups excluding carboxylic acids is 1. The molecule has 0 saturated carbocycles. The van der Waals surface area contributed by atoms with Gasteiger partial charge in [0.15, 0.2) is 0 Å². The Morgan fingerprint density at radius 3 is 2.20 bits per heavy atom. The van der Waals surface area contributed by atoms with Crippen LogP contribution in [0.5, 0.6) is 0 Å². The highest BCUT2D eigenvalue weighted by molar-refractivity contribution is 7.89. The minimum absolute atomic E-state index is 0.171. The number of benzene rings is 3. The average molecular weight is 426 g/mol. The molecule has 30 heavy (non-hydrogen) atoms. The number of hydrogen-bond acceptors (Lipinski definition) is 4. The van der Waals surface area contributed by atoms with Crippen molar-refractivity contribution in [3.05, 3.63) is 78.4 Å². The Hall–Kier alpha value is -2.74. The van der Waals surface area contributed by atoms with Crippen LogP contribution >= 0.6 is 0 Å². The molecule has 0 radical (unpaired) electrons. The molecule has 0 spiro atoms. The Morgan fingerprint density at radius 1 is 0.900 bits per heavy atom. The fourth-order valence-electron chi connectivity index (χ4n) is 3.32. The predicted octanol–water partition coefficient (Wildman–Crippen LogP) is 2.88. The van der Waals surface area contributed by atoms with Gasteiger partial charge in [0.1, 0.15) is 0 Å². The molecular formula is C23H27N3O3S. The van der Waals surface area contributed by atoms with Gasteiger partial charge in [0, 0.05) is 13.6 Å². The van der Waals surface area contributed by atoms with Crippen molar-refractivity contribution in [3.8, 4) is 0 Å². The van der Waals surface area contributed by atoms with Gasteiger partial charge in [-0.1, -0.05) is 60.7 Å². The van der Waals surface area contributed by atoms with E-state index in [1.54, 1.807) is 18.2 Å². The monoisotopic (exact) mass is 425 g/mol. The van der Waals surface area contributed by atoms with Gasteiger partial charge in [-0.2, -0.15) is 4.31 Å². The van der Waals surface area contributed by atoms with E-state index >= 15 is 0 Å². The van der Waals surface area contributed by atoms with E-state index in [0.29, 0.717) is 6.54 Å². The van der Waals surface area contributed by atoms with E-state index in [0.717, 1.165) is 20.6 Å². The third-order valence-corrected chi connectivity index (χ3v) is 6.68. The summed E-state index contributed by atoms with van der Waals surface area (Å²) >= 11 is 0. The summed E-state index contributed by atoms with van der Waals surface area (Å²) in [6.07, 6.45) is 0. The van der Waals surface area contributed by atoms with Gasteiger partial charge in [0.05, 0.1) is 17.5 Å². The molecule has 3 rings (SSSR count). The van der Waals surface area contributed by atoms with Crippen molar-refractivity contribution < 1.29 is 13.2 Å². The third-order valence-electron chi connectivity index (χ3n) is 4.88. The fourth-order valence-corrected chi connectivity index (χ4v) is 4.48. The average Bonchev–Trinajstić information content (AvgIpc) is 2.73. The van der Waals surface area contributed by atoms with Crippen LogP contribution in [0.15, 0.2) is 77.7 Å². The molecule has 158 valence electrons. The second-order valence-electron chi connectivity index (χ2n) is 7.56. The lowest BCUT2D eigenvalue weighted by molar-refractivity contribution is -0.122. The van der Waals surface area contributed by atoms with Crippen molar-refractivity contribution in [1.82, 2.24) is 14.5 Å². The van der Waals surface area contributed by atoms with Crippen LogP contribution in [-0.2, 0) is 14.8 Å². The summed E-state index contributed by atoms with van der Waals surface area (Å²) in [5.74, 6) is -0.349. The molecular weight excluding hydrogens is 398 g/mol. The van der Waals surface area contributed by atoms with E-state index < -0.39 is 10.0 Å². The molecule has 1 N–H and O–H groups in total. The van der Waals surface area contributed by atoms with E-state index in [1.165, 1.54) is 7.05 Å². The zero-order chi connectivity index (χ0) is 21.7. The van der Waals surface area contributed by atoms with Gasteiger partial charge >= 0.3 is 0 Å². The van der Waals surface area contributed by atoms with Gasteiger partial charge in [-0.05, 0) is 42.6 Å². The lowest BCUT2D eigenvalue weighted by atomic mass is 10.1. The smallest absolute Gasteiger partial charge is 0.243 e. The lowest BCUT2D eigenvalue weighted by Crippen LogP contribution is -2.42. The molecule has 1 atom stereocenters.